The normalized spacial score (nSPS) is 10.6. The summed E-state index contributed by atoms with van der Waals surface area (Å²) in [7, 11) is 0. The summed E-state index contributed by atoms with van der Waals surface area (Å²) in [5.74, 6) is 0.316. The van der Waals surface area contributed by atoms with Crippen molar-refractivity contribution in [2.45, 2.75) is 0 Å². The second kappa shape index (κ2) is 7.79. The molecule has 0 atom stereocenters. The molecular weight excluding hydrogens is 414 g/mol. The van der Waals surface area contributed by atoms with Gasteiger partial charge < -0.3 is 4.42 Å². The first-order valence-corrected chi connectivity index (χ1v) is 9.56. The molecule has 136 valence electrons. The van der Waals surface area contributed by atoms with E-state index in [0.29, 0.717) is 16.9 Å². The average molecular weight is 430 g/mol. The minimum absolute atomic E-state index is 0.145. The van der Waals surface area contributed by atoms with Gasteiger partial charge in [0, 0.05) is 21.2 Å². The summed E-state index contributed by atoms with van der Waals surface area (Å²) in [6, 6.07) is 28.2. The van der Waals surface area contributed by atoms with Gasteiger partial charge in [-0.05, 0) is 35.9 Å². The fraction of sp³-hybridized carbons (Fsp3) is 0. The van der Waals surface area contributed by atoms with Crippen molar-refractivity contribution in [1.29, 1.82) is 5.41 Å². The Labute approximate surface area is 170 Å². The molecule has 1 heterocycles. The predicted octanol–water partition coefficient (Wildman–Crippen LogP) is 6.09. The van der Waals surface area contributed by atoms with Gasteiger partial charge in [0.2, 0.25) is 5.55 Å². The van der Waals surface area contributed by atoms with Crippen molar-refractivity contribution in [3.63, 3.8) is 0 Å². The summed E-state index contributed by atoms with van der Waals surface area (Å²) in [5.41, 5.74) is 3.03. The van der Waals surface area contributed by atoms with E-state index in [9.17, 15) is 4.79 Å². The fourth-order valence-electron chi connectivity index (χ4n) is 3.08. The quantitative estimate of drug-likeness (QED) is 0.399. The van der Waals surface area contributed by atoms with Gasteiger partial charge in [-0.1, -0.05) is 76.6 Å². The molecule has 0 aliphatic rings. The van der Waals surface area contributed by atoms with Crippen molar-refractivity contribution in [2.75, 3.05) is 0 Å². The van der Waals surface area contributed by atoms with Gasteiger partial charge in [-0.3, -0.25) is 10.2 Å². The van der Waals surface area contributed by atoms with E-state index in [1.54, 1.807) is 12.1 Å². The Bertz CT molecular complexity index is 1180. The molecular formula is C24H16BrNO2. The Morgan fingerprint density at radius 2 is 1.36 bits per heavy atom. The van der Waals surface area contributed by atoms with E-state index in [1.165, 1.54) is 0 Å². The topological polar surface area (TPSA) is 54.1 Å². The van der Waals surface area contributed by atoms with E-state index in [0.717, 1.165) is 15.6 Å². The lowest BCUT2D eigenvalue weighted by atomic mass is 9.94. The zero-order chi connectivity index (χ0) is 19.5. The Hall–Kier alpha value is -3.24. The molecule has 0 spiro atoms. The Morgan fingerprint density at radius 3 is 1.96 bits per heavy atom. The van der Waals surface area contributed by atoms with Crippen LogP contribution in [0.3, 0.4) is 0 Å². The zero-order valence-corrected chi connectivity index (χ0v) is 16.4. The molecule has 0 unspecified atom stereocenters. The molecule has 4 heteroatoms. The summed E-state index contributed by atoms with van der Waals surface area (Å²) in [4.78, 5) is 13.2. The number of carbonyl (C=O) groups excluding carboxylic acids is 1. The van der Waals surface area contributed by atoms with Crippen LogP contribution in [0.25, 0.3) is 22.5 Å². The first-order chi connectivity index (χ1) is 13.6. The van der Waals surface area contributed by atoms with Gasteiger partial charge >= 0.3 is 0 Å². The third-order valence-corrected chi connectivity index (χ3v) is 4.99. The molecule has 3 aromatic carbocycles. The van der Waals surface area contributed by atoms with Crippen molar-refractivity contribution in [3.8, 4) is 22.5 Å². The molecule has 28 heavy (non-hydrogen) atoms. The van der Waals surface area contributed by atoms with Crippen molar-refractivity contribution >= 4 is 21.7 Å². The van der Waals surface area contributed by atoms with Crippen LogP contribution in [0.4, 0.5) is 0 Å². The predicted molar refractivity (Wildman–Crippen MR) is 113 cm³/mol. The zero-order valence-electron chi connectivity index (χ0n) is 14.9. The standard InChI is InChI=1S/C24H16BrNO2/c25-19-13-11-18(12-14-19)23(27)22-20(16-7-3-1-4-8-16)15-21(28-24(22)26)17-9-5-2-6-10-17/h1-15,26H. The number of benzene rings is 3. The van der Waals surface area contributed by atoms with Gasteiger partial charge in [0.05, 0.1) is 5.56 Å². The van der Waals surface area contributed by atoms with Crippen LogP contribution in [0.5, 0.6) is 0 Å². The molecule has 0 bridgehead atoms. The second-order valence-corrected chi connectivity index (χ2v) is 7.21. The molecule has 0 fully saturated rings. The summed E-state index contributed by atoms with van der Waals surface area (Å²) >= 11 is 3.39. The molecule has 0 aliphatic heterocycles. The van der Waals surface area contributed by atoms with E-state index in [4.69, 9.17) is 9.83 Å². The van der Waals surface area contributed by atoms with E-state index in [-0.39, 0.29) is 16.9 Å². The number of hydrogen-bond donors (Lipinski definition) is 1. The van der Waals surface area contributed by atoms with Crippen molar-refractivity contribution in [2.24, 2.45) is 0 Å². The van der Waals surface area contributed by atoms with Crippen molar-refractivity contribution in [3.05, 3.63) is 112 Å². The molecule has 0 radical (unpaired) electrons. The highest BCUT2D eigenvalue weighted by Crippen LogP contribution is 2.29. The van der Waals surface area contributed by atoms with Crippen molar-refractivity contribution in [1.82, 2.24) is 0 Å². The van der Waals surface area contributed by atoms with Crippen LogP contribution in [0, 0.1) is 5.41 Å². The number of halogens is 1. The van der Waals surface area contributed by atoms with Crippen LogP contribution in [0.15, 0.2) is 99.9 Å². The molecule has 0 saturated carbocycles. The number of nitrogens with one attached hydrogen (secondary N) is 1. The smallest absolute Gasteiger partial charge is 0.223 e. The first-order valence-electron chi connectivity index (χ1n) is 8.77. The lowest BCUT2D eigenvalue weighted by Gasteiger charge is -2.12. The highest BCUT2D eigenvalue weighted by molar-refractivity contribution is 9.10. The largest absolute Gasteiger partial charge is 0.438 e. The maximum absolute atomic E-state index is 13.2. The summed E-state index contributed by atoms with van der Waals surface area (Å²) < 4.78 is 6.65. The molecule has 4 aromatic rings. The molecule has 0 amide bonds. The van der Waals surface area contributed by atoms with E-state index >= 15 is 0 Å². The van der Waals surface area contributed by atoms with Crippen LogP contribution in [-0.4, -0.2) is 5.78 Å². The molecule has 1 aromatic heterocycles. The molecule has 3 nitrogen and oxygen atoms in total. The highest BCUT2D eigenvalue weighted by atomic mass is 79.9. The van der Waals surface area contributed by atoms with Gasteiger partial charge in [-0.15, -0.1) is 0 Å². The SMILES string of the molecule is N=c1oc(-c2ccccc2)cc(-c2ccccc2)c1C(=O)c1ccc(Br)cc1. The third kappa shape index (κ3) is 3.59. The van der Waals surface area contributed by atoms with E-state index in [2.05, 4.69) is 15.9 Å². The van der Waals surface area contributed by atoms with Gasteiger partial charge in [-0.25, -0.2) is 0 Å². The summed E-state index contributed by atoms with van der Waals surface area (Å²) in [5, 5.41) is 8.48. The monoisotopic (exact) mass is 429 g/mol. The first kappa shape index (κ1) is 18.1. The number of rotatable bonds is 4. The molecule has 1 N–H and O–H groups in total. The Balaban J connectivity index is 1.94. The lowest BCUT2D eigenvalue weighted by Crippen LogP contribution is -2.17. The van der Waals surface area contributed by atoms with Crippen LogP contribution >= 0.6 is 15.9 Å². The Kier molecular flexibility index (Phi) is 5.04. The summed E-state index contributed by atoms with van der Waals surface area (Å²) in [6.45, 7) is 0. The van der Waals surface area contributed by atoms with E-state index < -0.39 is 0 Å². The number of hydrogen-bond acceptors (Lipinski definition) is 3. The third-order valence-electron chi connectivity index (χ3n) is 4.46. The van der Waals surface area contributed by atoms with Gasteiger partial charge in [0.25, 0.3) is 0 Å². The van der Waals surface area contributed by atoms with E-state index in [1.807, 2.05) is 78.9 Å². The minimum atomic E-state index is -0.236. The van der Waals surface area contributed by atoms with Crippen molar-refractivity contribution < 1.29 is 9.21 Å². The second-order valence-electron chi connectivity index (χ2n) is 6.30. The molecule has 0 saturated heterocycles. The van der Waals surface area contributed by atoms with Crippen LogP contribution in [0.1, 0.15) is 15.9 Å². The average Bonchev–Trinajstić information content (AvgIpc) is 2.74. The minimum Gasteiger partial charge on any atom is -0.438 e. The Morgan fingerprint density at radius 1 is 0.786 bits per heavy atom. The van der Waals surface area contributed by atoms with Crippen LogP contribution < -0.4 is 5.55 Å². The van der Waals surface area contributed by atoms with Crippen LogP contribution in [0.2, 0.25) is 0 Å². The van der Waals surface area contributed by atoms with Crippen LogP contribution in [-0.2, 0) is 0 Å². The number of ketones is 1. The summed E-state index contributed by atoms with van der Waals surface area (Å²) in [6.07, 6.45) is 0. The molecule has 4 rings (SSSR count). The highest BCUT2D eigenvalue weighted by Gasteiger charge is 2.20. The fourth-order valence-corrected chi connectivity index (χ4v) is 3.34. The molecule has 0 aliphatic carbocycles. The maximum atomic E-state index is 13.2. The number of carbonyl (C=O) groups is 1. The maximum Gasteiger partial charge on any atom is 0.223 e. The van der Waals surface area contributed by atoms with Gasteiger partial charge in [0.1, 0.15) is 5.76 Å². The van der Waals surface area contributed by atoms with Gasteiger partial charge in [0.15, 0.2) is 5.78 Å². The van der Waals surface area contributed by atoms with Gasteiger partial charge in [-0.2, -0.15) is 0 Å². The lowest BCUT2D eigenvalue weighted by molar-refractivity contribution is 0.103.